The SMILES string of the molecule is CC(C)c1ccccc1N1C(=N)N(c2ccccc2C(C)C)C(c2ccccc2)C1c1ccccc1. The summed E-state index contributed by atoms with van der Waals surface area (Å²) in [6.07, 6.45) is 0. The molecule has 1 heterocycles. The number of benzene rings is 4. The van der Waals surface area contributed by atoms with Crippen LogP contribution in [0.3, 0.4) is 0 Å². The molecule has 1 aliphatic heterocycles. The van der Waals surface area contributed by atoms with Crippen molar-refractivity contribution in [3.05, 3.63) is 131 Å². The fourth-order valence-electron chi connectivity index (χ4n) is 5.54. The fourth-order valence-corrected chi connectivity index (χ4v) is 5.54. The lowest BCUT2D eigenvalue weighted by atomic mass is 9.91. The standard InChI is InChI=1S/C33H35N3/c1-23(2)27-19-11-13-21-29(27)35-31(25-15-7-5-8-16-25)32(26-17-9-6-10-18-26)36(33(35)34)30-22-14-12-20-28(30)24(3)4/h5-24,31-32,34H,1-4H3. The molecule has 182 valence electrons. The molecule has 0 spiro atoms. The third-order valence-corrected chi connectivity index (χ3v) is 7.23. The molecule has 0 aromatic heterocycles. The number of rotatable bonds is 6. The molecule has 4 aromatic rings. The van der Waals surface area contributed by atoms with Crippen molar-refractivity contribution in [3.63, 3.8) is 0 Å². The average Bonchev–Trinajstić information content (AvgIpc) is 3.22. The van der Waals surface area contributed by atoms with E-state index in [0.29, 0.717) is 17.8 Å². The summed E-state index contributed by atoms with van der Waals surface area (Å²) in [6, 6.07) is 38.5. The Morgan fingerprint density at radius 3 is 1.19 bits per heavy atom. The van der Waals surface area contributed by atoms with Crippen LogP contribution in [0.5, 0.6) is 0 Å². The monoisotopic (exact) mass is 473 g/mol. The van der Waals surface area contributed by atoms with E-state index in [2.05, 4.69) is 147 Å². The van der Waals surface area contributed by atoms with E-state index in [1.165, 1.54) is 22.3 Å². The molecular formula is C33H35N3. The summed E-state index contributed by atoms with van der Waals surface area (Å²) >= 11 is 0. The van der Waals surface area contributed by atoms with Gasteiger partial charge in [0.05, 0.1) is 12.1 Å². The molecular weight excluding hydrogens is 438 g/mol. The van der Waals surface area contributed by atoms with E-state index in [1.807, 2.05) is 0 Å². The predicted octanol–water partition coefficient (Wildman–Crippen LogP) is 8.68. The van der Waals surface area contributed by atoms with Crippen LogP contribution in [-0.2, 0) is 0 Å². The largest absolute Gasteiger partial charge is 0.302 e. The molecule has 0 saturated carbocycles. The Morgan fingerprint density at radius 1 is 0.500 bits per heavy atom. The molecule has 0 radical (unpaired) electrons. The van der Waals surface area contributed by atoms with Gasteiger partial charge in [0, 0.05) is 11.4 Å². The van der Waals surface area contributed by atoms with Gasteiger partial charge in [-0.25, -0.2) is 0 Å². The second-order valence-corrected chi connectivity index (χ2v) is 10.2. The Morgan fingerprint density at radius 2 is 0.833 bits per heavy atom. The van der Waals surface area contributed by atoms with E-state index >= 15 is 0 Å². The van der Waals surface area contributed by atoms with Crippen molar-refractivity contribution in [3.8, 4) is 0 Å². The summed E-state index contributed by atoms with van der Waals surface area (Å²) in [5.41, 5.74) is 7.15. The lowest BCUT2D eigenvalue weighted by Crippen LogP contribution is -2.34. The molecule has 4 aromatic carbocycles. The minimum absolute atomic E-state index is 0.0544. The summed E-state index contributed by atoms with van der Waals surface area (Å²) in [5.74, 6) is 1.20. The van der Waals surface area contributed by atoms with E-state index in [4.69, 9.17) is 0 Å². The maximum Gasteiger partial charge on any atom is 0.204 e. The first kappa shape index (κ1) is 23.9. The van der Waals surface area contributed by atoms with E-state index in [1.54, 1.807) is 0 Å². The number of para-hydroxylation sites is 2. The van der Waals surface area contributed by atoms with Gasteiger partial charge in [0.25, 0.3) is 0 Å². The molecule has 2 unspecified atom stereocenters. The Hall–Kier alpha value is -3.85. The van der Waals surface area contributed by atoms with Crippen molar-refractivity contribution in [1.29, 1.82) is 5.41 Å². The first-order chi connectivity index (χ1) is 17.5. The Balaban J connectivity index is 1.80. The summed E-state index contributed by atoms with van der Waals surface area (Å²) in [6.45, 7) is 8.93. The Labute approximate surface area is 215 Å². The number of hydrogen-bond donors (Lipinski definition) is 1. The highest BCUT2D eigenvalue weighted by Crippen LogP contribution is 2.51. The minimum atomic E-state index is -0.0544. The Kier molecular flexibility index (Phi) is 6.65. The minimum Gasteiger partial charge on any atom is -0.302 e. The predicted molar refractivity (Wildman–Crippen MR) is 152 cm³/mol. The van der Waals surface area contributed by atoms with Crippen LogP contribution in [-0.4, -0.2) is 5.96 Å². The summed E-state index contributed by atoms with van der Waals surface area (Å²) in [5, 5.41) is 9.72. The van der Waals surface area contributed by atoms with Gasteiger partial charge in [-0.1, -0.05) is 125 Å². The van der Waals surface area contributed by atoms with E-state index in [9.17, 15) is 5.41 Å². The Bertz CT molecular complexity index is 1220. The van der Waals surface area contributed by atoms with Crippen molar-refractivity contribution in [1.82, 2.24) is 0 Å². The van der Waals surface area contributed by atoms with Crippen LogP contribution in [0, 0.1) is 5.41 Å². The van der Waals surface area contributed by atoms with Crippen LogP contribution in [0.2, 0.25) is 0 Å². The van der Waals surface area contributed by atoms with Crippen molar-refractivity contribution in [2.24, 2.45) is 0 Å². The van der Waals surface area contributed by atoms with E-state index < -0.39 is 0 Å². The maximum absolute atomic E-state index is 9.72. The van der Waals surface area contributed by atoms with Crippen LogP contribution >= 0.6 is 0 Å². The molecule has 0 amide bonds. The van der Waals surface area contributed by atoms with Gasteiger partial charge < -0.3 is 9.80 Å². The molecule has 2 atom stereocenters. The number of hydrogen-bond acceptors (Lipinski definition) is 1. The number of guanidine groups is 1. The molecule has 36 heavy (non-hydrogen) atoms. The third-order valence-electron chi connectivity index (χ3n) is 7.23. The van der Waals surface area contributed by atoms with Gasteiger partial charge in [-0.05, 0) is 46.2 Å². The topological polar surface area (TPSA) is 30.3 Å². The van der Waals surface area contributed by atoms with Gasteiger partial charge in [-0.3, -0.25) is 5.41 Å². The lowest BCUT2D eigenvalue weighted by Gasteiger charge is -2.31. The van der Waals surface area contributed by atoms with Crippen LogP contribution in [0.25, 0.3) is 0 Å². The summed E-state index contributed by atoms with van der Waals surface area (Å²) in [7, 11) is 0. The molecule has 5 rings (SSSR count). The normalized spacial score (nSPS) is 17.9. The summed E-state index contributed by atoms with van der Waals surface area (Å²) in [4.78, 5) is 4.53. The lowest BCUT2D eigenvalue weighted by molar-refractivity contribution is 0.614. The highest BCUT2D eigenvalue weighted by molar-refractivity contribution is 6.10. The molecule has 1 fully saturated rings. The molecule has 0 aliphatic carbocycles. The first-order valence-corrected chi connectivity index (χ1v) is 12.9. The van der Waals surface area contributed by atoms with Gasteiger partial charge in [0.2, 0.25) is 5.96 Å². The molecule has 1 aliphatic rings. The highest BCUT2D eigenvalue weighted by Gasteiger charge is 2.47. The van der Waals surface area contributed by atoms with Crippen molar-refractivity contribution in [2.45, 2.75) is 51.6 Å². The molecule has 1 N–H and O–H groups in total. The van der Waals surface area contributed by atoms with Crippen LogP contribution in [0.4, 0.5) is 11.4 Å². The zero-order valence-electron chi connectivity index (χ0n) is 21.6. The second-order valence-electron chi connectivity index (χ2n) is 10.2. The van der Waals surface area contributed by atoms with Gasteiger partial charge in [-0.15, -0.1) is 0 Å². The third kappa shape index (κ3) is 4.19. The van der Waals surface area contributed by atoms with Gasteiger partial charge in [0.1, 0.15) is 0 Å². The molecule has 3 heteroatoms. The van der Waals surface area contributed by atoms with Gasteiger partial charge in [-0.2, -0.15) is 0 Å². The maximum atomic E-state index is 9.72. The van der Waals surface area contributed by atoms with Crippen molar-refractivity contribution < 1.29 is 0 Å². The summed E-state index contributed by atoms with van der Waals surface area (Å²) < 4.78 is 0. The number of nitrogens with one attached hydrogen (secondary N) is 1. The highest BCUT2D eigenvalue weighted by atomic mass is 15.5. The second kappa shape index (κ2) is 10.0. The van der Waals surface area contributed by atoms with E-state index in [-0.39, 0.29) is 12.1 Å². The molecule has 3 nitrogen and oxygen atoms in total. The van der Waals surface area contributed by atoms with Gasteiger partial charge in [0.15, 0.2) is 0 Å². The number of anilines is 2. The zero-order valence-corrected chi connectivity index (χ0v) is 21.6. The zero-order chi connectivity index (χ0) is 25.2. The van der Waals surface area contributed by atoms with Crippen molar-refractivity contribution >= 4 is 17.3 Å². The van der Waals surface area contributed by atoms with Crippen molar-refractivity contribution in [2.75, 3.05) is 9.80 Å². The quantitative estimate of drug-likeness (QED) is 0.304. The number of nitrogens with zero attached hydrogens (tertiary/aromatic N) is 2. The molecule has 0 bridgehead atoms. The first-order valence-electron chi connectivity index (χ1n) is 12.9. The van der Waals surface area contributed by atoms with Crippen LogP contribution < -0.4 is 9.80 Å². The van der Waals surface area contributed by atoms with Gasteiger partial charge >= 0.3 is 0 Å². The smallest absolute Gasteiger partial charge is 0.204 e. The van der Waals surface area contributed by atoms with Crippen LogP contribution in [0.15, 0.2) is 109 Å². The van der Waals surface area contributed by atoms with E-state index in [0.717, 1.165) is 11.4 Å². The molecule has 1 saturated heterocycles. The fraction of sp³-hybridized carbons (Fsp3) is 0.242. The average molecular weight is 474 g/mol. The van der Waals surface area contributed by atoms with Crippen LogP contribution in [0.1, 0.15) is 73.9 Å².